The molecule has 106 valence electrons. The SMILES string of the molecule is Cc1cc(C(C)(C)C)ccc1-c1cc(CC(=O)O)no1. The highest BCUT2D eigenvalue weighted by Crippen LogP contribution is 2.29. The molecule has 0 unspecified atom stereocenters. The summed E-state index contributed by atoms with van der Waals surface area (Å²) in [4.78, 5) is 10.7. The molecule has 2 rings (SSSR count). The first-order valence-corrected chi connectivity index (χ1v) is 6.56. The summed E-state index contributed by atoms with van der Waals surface area (Å²) in [5.74, 6) is -0.302. The maximum atomic E-state index is 10.7. The zero-order valence-corrected chi connectivity index (χ0v) is 12.2. The van der Waals surface area contributed by atoms with Crippen molar-refractivity contribution >= 4 is 5.97 Å². The number of hydrogen-bond acceptors (Lipinski definition) is 3. The number of carboxylic acid groups (broad SMARTS) is 1. The second-order valence-electron chi connectivity index (χ2n) is 6.03. The van der Waals surface area contributed by atoms with E-state index in [0.717, 1.165) is 11.1 Å². The van der Waals surface area contributed by atoms with Gasteiger partial charge < -0.3 is 9.63 Å². The lowest BCUT2D eigenvalue weighted by molar-refractivity contribution is -0.136. The maximum Gasteiger partial charge on any atom is 0.309 e. The van der Waals surface area contributed by atoms with E-state index in [2.05, 4.69) is 38.1 Å². The van der Waals surface area contributed by atoms with E-state index in [4.69, 9.17) is 9.63 Å². The molecule has 4 nitrogen and oxygen atoms in total. The number of carboxylic acids is 1. The van der Waals surface area contributed by atoms with Gasteiger partial charge in [-0.3, -0.25) is 4.79 Å². The average Bonchev–Trinajstić information content (AvgIpc) is 2.75. The van der Waals surface area contributed by atoms with E-state index in [0.29, 0.717) is 11.5 Å². The number of benzene rings is 1. The van der Waals surface area contributed by atoms with Crippen molar-refractivity contribution in [3.63, 3.8) is 0 Å². The fourth-order valence-corrected chi connectivity index (χ4v) is 2.08. The molecular weight excluding hydrogens is 254 g/mol. The highest BCUT2D eigenvalue weighted by Gasteiger charge is 2.16. The summed E-state index contributed by atoms with van der Waals surface area (Å²) < 4.78 is 5.24. The fourth-order valence-electron chi connectivity index (χ4n) is 2.08. The Morgan fingerprint density at radius 1 is 1.30 bits per heavy atom. The molecule has 1 heterocycles. The molecule has 1 N–H and O–H groups in total. The van der Waals surface area contributed by atoms with Gasteiger partial charge in [0.2, 0.25) is 0 Å². The van der Waals surface area contributed by atoms with Gasteiger partial charge >= 0.3 is 5.97 Å². The first-order chi connectivity index (χ1) is 9.27. The van der Waals surface area contributed by atoms with Crippen LogP contribution in [0.2, 0.25) is 0 Å². The van der Waals surface area contributed by atoms with Crippen molar-refractivity contribution in [2.45, 2.75) is 39.5 Å². The summed E-state index contributed by atoms with van der Waals surface area (Å²) in [6, 6.07) is 7.89. The Balaban J connectivity index is 2.34. The summed E-state index contributed by atoms with van der Waals surface area (Å²) in [5.41, 5.74) is 3.83. The van der Waals surface area contributed by atoms with Crippen LogP contribution in [0.1, 0.15) is 37.6 Å². The van der Waals surface area contributed by atoms with Crippen molar-refractivity contribution < 1.29 is 14.4 Å². The van der Waals surface area contributed by atoms with Gasteiger partial charge in [-0.25, -0.2) is 0 Å². The number of hydrogen-bond donors (Lipinski definition) is 1. The molecule has 0 bridgehead atoms. The minimum atomic E-state index is -0.912. The van der Waals surface area contributed by atoms with E-state index in [-0.39, 0.29) is 11.8 Å². The van der Waals surface area contributed by atoms with Gasteiger partial charge in [0.05, 0.1) is 12.1 Å². The van der Waals surface area contributed by atoms with E-state index < -0.39 is 5.97 Å². The Morgan fingerprint density at radius 3 is 2.55 bits per heavy atom. The average molecular weight is 273 g/mol. The van der Waals surface area contributed by atoms with Crippen LogP contribution in [0.15, 0.2) is 28.8 Å². The summed E-state index contributed by atoms with van der Waals surface area (Å²) in [5, 5.41) is 12.5. The number of aromatic nitrogens is 1. The van der Waals surface area contributed by atoms with E-state index in [1.807, 2.05) is 13.0 Å². The standard InChI is InChI=1S/C16H19NO3/c1-10-7-11(16(2,3)4)5-6-13(10)14-8-12(17-20-14)9-15(18)19/h5-8H,9H2,1-4H3,(H,18,19). The van der Waals surface area contributed by atoms with E-state index in [1.165, 1.54) is 5.56 Å². The summed E-state index contributed by atoms with van der Waals surface area (Å²) in [6.45, 7) is 8.52. The summed E-state index contributed by atoms with van der Waals surface area (Å²) >= 11 is 0. The Bertz CT molecular complexity index is 635. The first-order valence-electron chi connectivity index (χ1n) is 6.56. The molecule has 0 fully saturated rings. The summed E-state index contributed by atoms with van der Waals surface area (Å²) in [6.07, 6.45) is -0.122. The fraction of sp³-hybridized carbons (Fsp3) is 0.375. The number of aliphatic carboxylic acids is 1. The van der Waals surface area contributed by atoms with Crippen molar-refractivity contribution in [2.75, 3.05) is 0 Å². The molecular formula is C16H19NO3. The topological polar surface area (TPSA) is 63.3 Å². The third kappa shape index (κ3) is 3.07. The lowest BCUT2D eigenvalue weighted by Gasteiger charge is -2.20. The minimum Gasteiger partial charge on any atom is -0.481 e. The molecule has 0 aliphatic heterocycles. The summed E-state index contributed by atoms with van der Waals surface area (Å²) in [7, 11) is 0. The van der Waals surface area contributed by atoms with Crippen LogP contribution in [0.25, 0.3) is 11.3 Å². The number of rotatable bonds is 3. The molecule has 0 atom stereocenters. The monoisotopic (exact) mass is 273 g/mol. The third-order valence-corrected chi connectivity index (χ3v) is 3.25. The second-order valence-corrected chi connectivity index (χ2v) is 6.03. The second kappa shape index (κ2) is 5.12. The zero-order valence-electron chi connectivity index (χ0n) is 12.2. The highest BCUT2D eigenvalue weighted by atomic mass is 16.5. The van der Waals surface area contributed by atoms with Crippen LogP contribution in [-0.2, 0) is 16.6 Å². The smallest absolute Gasteiger partial charge is 0.309 e. The molecule has 0 radical (unpaired) electrons. The molecule has 1 aromatic carbocycles. The molecule has 1 aromatic heterocycles. The molecule has 0 aliphatic rings. The van der Waals surface area contributed by atoms with Crippen molar-refractivity contribution in [3.05, 3.63) is 41.1 Å². The molecule has 0 saturated heterocycles. The van der Waals surface area contributed by atoms with Crippen LogP contribution < -0.4 is 0 Å². The van der Waals surface area contributed by atoms with Crippen LogP contribution >= 0.6 is 0 Å². The largest absolute Gasteiger partial charge is 0.481 e. The van der Waals surface area contributed by atoms with Crippen LogP contribution in [0.5, 0.6) is 0 Å². The first kappa shape index (κ1) is 14.3. The minimum absolute atomic E-state index is 0.0964. The Kier molecular flexibility index (Phi) is 3.66. The van der Waals surface area contributed by atoms with Crippen molar-refractivity contribution in [1.29, 1.82) is 0 Å². The predicted octanol–water partition coefficient (Wildman–Crippen LogP) is 3.57. The van der Waals surface area contributed by atoms with Gasteiger partial charge in [-0.05, 0) is 23.5 Å². The van der Waals surface area contributed by atoms with Gasteiger partial charge in [0, 0.05) is 11.6 Å². The quantitative estimate of drug-likeness (QED) is 0.928. The van der Waals surface area contributed by atoms with E-state index >= 15 is 0 Å². The van der Waals surface area contributed by atoms with Gasteiger partial charge in [0.25, 0.3) is 0 Å². The van der Waals surface area contributed by atoms with Gasteiger partial charge in [-0.2, -0.15) is 0 Å². The van der Waals surface area contributed by atoms with E-state index in [9.17, 15) is 4.79 Å². The zero-order chi connectivity index (χ0) is 14.9. The number of carbonyl (C=O) groups is 1. The molecule has 0 saturated carbocycles. The molecule has 2 aromatic rings. The lowest BCUT2D eigenvalue weighted by atomic mass is 9.85. The van der Waals surface area contributed by atoms with Crippen LogP contribution in [-0.4, -0.2) is 16.2 Å². The predicted molar refractivity (Wildman–Crippen MR) is 76.7 cm³/mol. The van der Waals surface area contributed by atoms with Gasteiger partial charge in [0.1, 0.15) is 0 Å². The highest BCUT2D eigenvalue weighted by molar-refractivity contribution is 5.70. The van der Waals surface area contributed by atoms with Crippen molar-refractivity contribution in [3.8, 4) is 11.3 Å². The van der Waals surface area contributed by atoms with Crippen molar-refractivity contribution in [2.24, 2.45) is 0 Å². The van der Waals surface area contributed by atoms with Gasteiger partial charge in [-0.1, -0.05) is 44.1 Å². The normalized spacial score (nSPS) is 11.6. The Labute approximate surface area is 118 Å². The van der Waals surface area contributed by atoms with E-state index in [1.54, 1.807) is 6.07 Å². The van der Waals surface area contributed by atoms with Crippen molar-refractivity contribution in [1.82, 2.24) is 5.16 Å². The van der Waals surface area contributed by atoms with Crippen LogP contribution in [0, 0.1) is 6.92 Å². The molecule has 0 amide bonds. The Morgan fingerprint density at radius 2 is 2.00 bits per heavy atom. The van der Waals surface area contributed by atoms with Gasteiger partial charge in [0.15, 0.2) is 5.76 Å². The molecule has 4 heteroatoms. The maximum absolute atomic E-state index is 10.7. The molecule has 0 aliphatic carbocycles. The third-order valence-electron chi connectivity index (χ3n) is 3.25. The molecule has 0 spiro atoms. The number of nitrogens with zero attached hydrogens (tertiary/aromatic N) is 1. The lowest BCUT2D eigenvalue weighted by Crippen LogP contribution is -2.11. The Hall–Kier alpha value is -2.10. The van der Waals surface area contributed by atoms with Crippen LogP contribution in [0.3, 0.4) is 0 Å². The molecule has 20 heavy (non-hydrogen) atoms. The van der Waals surface area contributed by atoms with Gasteiger partial charge in [-0.15, -0.1) is 0 Å². The number of aryl methyl sites for hydroxylation is 1. The van der Waals surface area contributed by atoms with Crippen LogP contribution in [0.4, 0.5) is 0 Å².